The summed E-state index contributed by atoms with van der Waals surface area (Å²) in [5, 5.41) is 8.42. The van der Waals surface area contributed by atoms with Crippen molar-refractivity contribution < 1.29 is 18.8 Å². The van der Waals surface area contributed by atoms with Crippen LogP contribution in [0.4, 0.5) is 0 Å². The number of furan rings is 1. The molecule has 192 valence electrons. The Hall–Kier alpha value is -4.66. The number of benzene rings is 2. The molecule has 1 aliphatic rings. The Morgan fingerprint density at radius 2 is 2.00 bits per heavy atom. The third-order valence-electron chi connectivity index (χ3n) is 7.16. The summed E-state index contributed by atoms with van der Waals surface area (Å²) in [7, 11) is 0. The van der Waals surface area contributed by atoms with Gasteiger partial charge in [0.1, 0.15) is 17.2 Å². The minimum atomic E-state index is -0.553. The van der Waals surface area contributed by atoms with E-state index < -0.39 is 6.04 Å². The number of aromatic nitrogens is 2. The van der Waals surface area contributed by atoms with Gasteiger partial charge in [0.25, 0.3) is 5.91 Å². The second-order valence-corrected chi connectivity index (χ2v) is 9.67. The Morgan fingerprint density at radius 3 is 2.87 bits per heavy atom. The molecule has 1 saturated heterocycles. The van der Waals surface area contributed by atoms with Gasteiger partial charge >= 0.3 is 0 Å². The van der Waals surface area contributed by atoms with Crippen molar-refractivity contribution in [3.05, 3.63) is 77.7 Å². The number of amides is 3. The molecule has 2 aromatic carbocycles. The number of hydrogen-bond acceptors (Lipinski definition) is 5. The number of carbonyl (C=O) groups is 3. The van der Waals surface area contributed by atoms with Crippen molar-refractivity contribution in [2.24, 2.45) is 0 Å². The van der Waals surface area contributed by atoms with E-state index in [0.717, 1.165) is 44.9 Å². The van der Waals surface area contributed by atoms with Crippen LogP contribution in [0.1, 0.15) is 34.5 Å². The number of rotatable bonds is 6. The number of hydrogen-bond donors (Lipinski definition) is 3. The zero-order chi connectivity index (χ0) is 26.2. The fourth-order valence-electron chi connectivity index (χ4n) is 5.21. The van der Waals surface area contributed by atoms with Crippen LogP contribution in [0.2, 0.25) is 0 Å². The summed E-state index contributed by atoms with van der Waals surface area (Å²) in [6.45, 7) is 2.61. The molecule has 0 saturated carbocycles. The lowest BCUT2D eigenvalue weighted by Crippen LogP contribution is -2.48. The molecule has 9 nitrogen and oxygen atoms in total. The first-order valence-corrected chi connectivity index (χ1v) is 12.7. The lowest BCUT2D eigenvalue weighted by atomic mass is 10.1. The number of para-hydroxylation sites is 1. The standard InChI is InChI=1S/C29H27N5O4/c1-17-4-2-5-21-22-13-18(7-8-25(22)38-27(17)21)28(36)32-16-26(35)34-11-3-6-24(34)29(37)31-15-20-12-19-14-30-10-9-23(19)33-20/h2,4-5,7-10,12-14,24,33H,3,6,11,15-16H2,1H3,(H,31,37)(H,32,36)/t24-/m0/s1. The molecular weight excluding hydrogens is 482 g/mol. The lowest BCUT2D eigenvalue weighted by Gasteiger charge is -2.24. The second kappa shape index (κ2) is 9.66. The number of nitrogens with zero attached hydrogens (tertiary/aromatic N) is 2. The number of likely N-dealkylation sites (tertiary alicyclic amines) is 1. The highest BCUT2D eigenvalue weighted by Gasteiger charge is 2.34. The molecule has 9 heteroatoms. The van der Waals surface area contributed by atoms with E-state index in [0.29, 0.717) is 30.7 Å². The highest BCUT2D eigenvalue weighted by molar-refractivity contribution is 6.09. The molecule has 6 rings (SSSR count). The van der Waals surface area contributed by atoms with Crippen LogP contribution in [0.3, 0.4) is 0 Å². The molecule has 3 amide bonds. The van der Waals surface area contributed by atoms with Crippen LogP contribution in [0.15, 0.2) is 65.3 Å². The van der Waals surface area contributed by atoms with Gasteiger partial charge in [-0.25, -0.2) is 0 Å². The van der Waals surface area contributed by atoms with Crippen molar-refractivity contribution in [3.8, 4) is 0 Å². The smallest absolute Gasteiger partial charge is 0.251 e. The van der Waals surface area contributed by atoms with E-state index in [4.69, 9.17) is 4.42 Å². The van der Waals surface area contributed by atoms with Gasteiger partial charge in [-0.3, -0.25) is 19.4 Å². The number of H-pyrrole nitrogens is 1. The van der Waals surface area contributed by atoms with Gasteiger partial charge in [0.05, 0.1) is 13.1 Å². The maximum absolute atomic E-state index is 13.0. The Kier molecular flexibility index (Phi) is 6.03. The lowest BCUT2D eigenvalue weighted by molar-refractivity contribution is -0.137. The Morgan fingerprint density at radius 1 is 1.11 bits per heavy atom. The molecule has 38 heavy (non-hydrogen) atoms. The minimum Gasteiger partial charge on any atom is -0.456 e. The summed E-state index contributed by atoms with van der Waals surface area (Å²) in [6.07, 6.45) is 4.80. The molecule has 3 N–H and O–H groups in total. The first-order valence-electron chi connectivity index (χ1n) is 12.7. The van der Waals surface area contributed by atoms with Gasteiger partial charge in [-0.2, -0.15) is 0 Å². The van der Waals surface area contributed by atoms with Crippen molar-refractivity contribution in [2.45, 2.75) is 32.4 Å². The molecule has 1 aliphatic heterocycles. The molecule has 0 spiro atoms. The van der Waals surface area contributed by atoms with Crippen molar-refractivity contribution >= 4 is 50.6 Å². The van der Waals surface area contributed by atoms with Crippen molar-refractivity contribution in [2.75, 3.05) is 13.1 Å². The van der Waals surface area contributed by atoms with Crippen LogP contribution in [-0.4, -0.2) is 51.7 Å². The first-order chi connectivity index (χ1) is 18.5. The Bertz CT molecular complexity index is 1670. The monoisotopic (exact) mass is 509 g/mol. The third kappa shape index (κ3) is 4.36. The molecule has 3 aromatic heterocycles. The van der Waals surface area contributed by atoms with Gasteiger partial charge in [0, 0.05) is 51.9 Å². The number of fused-ring (bicyclic) bond motifs is 4. The summed E-state index contributed by atoms with van der Waals surface area (Å²) in [5.41, 5.74) is 4.79. The highest BCUT2D eigenvalue weighted by atomic mass is 16.3. The first kappa shape index (κ1) is 23.7. The van der Waals surface area contributed by atoms with E-state index in [2.05, 4.69) is 20.6 Å². The average molecular weight is 510 g/mol. The van der Waals surface area contributed by atoms with Crippen LogP contribution in [-0.2, 0) is 16.1 Å². The van der Waals surface area contributed by atoms with Gasteiger partial charge in [0.2, 0.25) is 11.8 Å². The van der Waals surface area contributed by atoms with Crippen LogP contribution in [0.5, 0.6) is 0 Å². The molecule has 4 heterocycles. The molecule has 0 aliphatic carbocycles. The summed E-state index contributed by atoms with van der Waals surface area (Å²) < 4.78 is 5.95. The van der Waals surface area contributed by atoms with Crippen LogP contribution >= 0.6 is 0 Å². The summed E-state index contributed by atoms with van der Waals surface area (Å²) in [4.78, 5) is 47.7. The van der Waals surface area contributed by atoms with E-state index in [9.17, 15) is 14.4 Å². The van der Waals surface area contributed by atoms with Crippen LogP contribution in [0, 0.1) is 6.92 Å². The van der Waals surface area contributed by atoms with Crippen LogP contribution in [0.25, 0.3) is 32.8 Å². The molecule has 0 radical (unpaired) electrons. The van der Waals surface area contributed by atoms with Gasteiger partial charge in [-0.15, -0.1) is 0 Å². The fourth-order valence-corrected chi connectivity index (χ4v) is 5.21. The summed E-state index contributed by atoms with van der Waals surface area (Å²) >= 11 is 0. The largest absolute Gasteiger partial charge is 0.456 e. The maximum Gasteiger partial charge on any atom is 0.251 e. The minimum absolute atomic E-state index is 0.180. The molecule has 1 fully saturated rings. The predicted octanol–water partition coefficient (Wildman–Crippen LogP) is 3.81. The van der Waals surface area contributed by atoms with Gasteiger partial charge in [-0.1, -0.05) is 18.2 Å². The van der Waals surface area contributed by atoms with Crippen molar-refractivity contribution in [3.63, 3.8) is 0 Å². The summed E-state index contributed by atoms with van der Waals surface area (Å²) in [6, 6.07) is 14.4. The zero-order valence-corrected chi connectivity index (χ0v) is 20.9. The molecule has 1 atom stereocenters. The van der Waals surface area contributed by atoms with E-state index in [1.807, 2.05) is 37.3 Å². The third-order valence-corrected chi connectivity index (χ3v) is 7.16. The number of nitrogens with one attached hydrogen (secondary N) is 3. The Labute approximate surface area is 218 Å². The number of aryl methyl sites for hydroxylation is 1. The van der Waals surface area contributed by atoms with Gasteiger partial charge < -0.3 is 24.9 Å². The number of carbonyl (C=O) groups excluding carboxylic acids is 3. The predicted molar refractivity (Wildman–Crippen MR) is 143 cm³/mol. The number of pyridine rings is 1. The van der Waals surface area contributed by atoms with E-state index >= 15 is 0 Å². The fraction of sp³-hybridized carbons (Fsp3) is 0.241. The molecule has 0 unspecified atom stereocenters. The highest BCUT2D eigenvalue weighted by Crippen LogP contribution is 2.31. The van der Waals surface area contributed by atoms with E-state index in [-0.39, 0.29) is 24.3 Å². The van der Waals surface area contributed by atoms with Crippen molar-refractivity contribution in [1.82, 2.24) is 25.5 Å². The maximum atomic E-state index is 13.0. The topological polar surface area (TPSA) is 120 Å². The van der Waals surface area contributed by atoms with Gasteiger partial charge in [0.15, 0.2) is 0 Å². The van der Waals surface area contributed by atoms with E-state index in [1.165, 1.54) is 0 Å². The normalized spacial score (nSPS) is 15.4. The van der Waals surface area contributed by atoms with E-state index in [1.54, 1.807) is 35.5 Å². The number of aromatic amines is 1. The van der Waals surface area contributed by atoms with Gasteiger partial charge in [-0.05, 0) is 55.7 Å². The molecular formula is C29H27N5O4. The molecule has 0 bridgehead atoms. The average Bonchev–Trinajstić information content (AvgIpc) is 3.67. The quantitative estimate of drug-likeness (QED) is 0.322. The van der Waals surface area contributed by atoms with Crippen LogP contribution < -0.4 is 10.6 Å². The summed E-state index contributed by atoms with van der Waals surface area (Å²) in [5.74, 6) is -0.833. The Balaban J connectivity index is 1.08. The SMILES string of the molecule is Cc1cccc2c1oc1ccc(C(=O)NCC(=O)N3CCC[C@H]3C(=O)NCc3cc4cnccc4[nH]3)cc12. The van der Waals surface area contributed by atoms with Crippen molar-refractivity contribution in [1.29, 1.82) is 0 Å². The zero-order valence-electron chi connectivity index (χ0n) is 20.9. The second-order valence-electron chi connectivity index (χ2n) is 9.67. The molecule has 5 aromatic rings.